The average Bonchev–Trinajstić information content (AvgIpc) is 3.01. The summed E-state index contributed by atoms with van der Waals surface area (Å²) < 4.78 is 1.36. The topological polar surface area (TPSA) is 75.4 Å². The first kappa shape index (κ1) is 13.4. The summed E-state index contributed by atoms with van der Waals surface area (Å²) in [5, 5.41) is 12.8. The van der Waals surface area contributed by atoms with Gasteiger partial charge in [0.15, 0.2) is 0 Å². The number of carbonyl (C=O) groups is 2. The normalized spacial score (nSPS) is 16.8. The minimum Gasteiger partial charge on any atom is -0.478 e. The van der Waals surface area contributed by atoms with Crippen molar-refractivity contribution in [2.24, 2.45) is 0 Å². The zero-order valence-electron chi connectivity index (χ0n) is 11.6. The molecule has 1 atom stereocenters. The second-order valence-electron chi connectivity index (χ2n) is 5.18. The Hall–Kier alpha value is -2.63. The van der Waals surface area contributed by atoms with Crippen LogP contribution in [0.15, 0.2) is 36.7 Å². The summed E-state index contributed by atoms with van der Waals surface area (Å²) in [6.07, 6.45) is 3.45. The number of hydrogen-bond acceptors (Lipinski definition) is 3. The molecular formula is C15H15N3O3. The van der Waals surface area contributed by atoms with E-state index in [4.69, 9.17) is 5.11 Å². The molecule has 1 N–H and O–H groups in total. The van der Waals surface area contributed by atoms with Gasteiger partial charge in [-0.05, 0) is 25.0 Å². The van der Waals surface area contributed by atoms with Crippen LogP contribution in [0.2, 0.25) is 0 Å². The first-order chi connectivity index (χ1) is 10.1. The van der Waals surface area contributed by atoms with Crippen molar-refractivity contribution in [2.75, 3.05) is 4.90 Å². The Balaban J connectivity index is 1.80. The molecule has 2 heterocycles. The van der Waals surface area contributed by atoms with E-state index < -0.39 is 5.97 Å². The number of carbonyl (C=O) groups excluding carboxylic acids is 1. The highest BCUT2D eigenvalue weighted by Crippen LogP contribution is 2.31. The van der Waals surface area contributed by atoms with Crippen LogP contribution in [0.1, 0.15) is 22.8 Å². The molecule has 0 bridgehead atoms. The third kappa shape index (κ3) is 2.40. The van der Waals surface area contributed by atoms with E-state index in [-0.39, 0.29) is 24.1 Å². The lowest BCUT2D eigenvalue weighted by Crippen LogP contribution is -2.38. The Bertz CT molecular complexity index is 708. The fourth-order valence-corrected chi connectivity index (χ4v) is 2.72. The zero-order chi connectivity index (χ0) is 15.0. The third-order valence-electron chi connectivity index (χ3n) is 3.65. The number of para-hydroxylation sites is 1. The molecule has 1 unspecified atom stereocenters. The van der Waals surface area contributed by atoms with Gasteiger partial charge in [0, 0.05) is 17.9 Å². The fraction of sp³-hybridized carbons (Fsp3) is 0.267. The monoisotopic (exact) mass is 285 g/mol. The number of aromatic nitrogens is 2. The molecule has 1 aliphatic heterocycles. The number of rotatable bonds is 3. The first-order valence-corrected chi connectivity index (χ1v) is 6.72. The van der Waals surface area contributed by atoms with Crippen molar-refractivity contribution in [3.63, 3.8) is 0 Å². The summed E-state index contributed by atoms with van der Waals surface area (Å²) in [4.78, 5) is 25.1. The van der Waals surface area contributed by atoms with Crippen LogP contribution in [0.5, 0.6) is 0 Å². The predicted molar refractivity (Wildman–Crippen MR) is 76.3 cm³/mol. The van der Waals surface area contributed by atoms with Gasteiger partial charge in [0.1, 0.15) is 6.54 Å². The summed E-state index contributed by atoms with van der Waals surface area (Å²) in [7, 11) is 0. The quantitative estimate of drug-likeness (QED) is 0.928. The van der Waals surface area contributed by atoms with Crippen LogP contribution in [0.3, 0.4) is 0 Å². The molecule has 3 rings (SSSR count). The molecule has 1 amide bonds. The minimum absolute atomic E-state index is 0.0337. The van der Waals surface area contributed by atoms with Crippen molar-refractivity contribution >= 4 is 17.6 Å². The highest BCUT2D eigenvalue weighted by atomic mass is 16.4. The van der Waals surface area contributed by atoms with Gasteiger partial charge in [0.2, 0.25) is 5.91 Å². The molecule has 1 aromatic carbocycles. The lowest BCUT2D eigenvalue weighted by atomic mass is 10.1. The van der Waals surface area contributed by atoms with Crippen LogP contribution in [0.25, 0.3) is 0 Å². The Morgan fingerprint density at radius 1 is 1.38 bits per heavy atom. The highest BCUT2D eigenvalue weighted by molar-refractivity contribution is 5.96. The van der Waals surface area contributed by atoms with Gasteiger partial charge < -0.3 is 10.0 Å². The van der Waals surface area contributed by atoms with Crippen LogP contribution in [-0.2, 0) is 17.8 Å². The van der Waals surface area contributed by atoms with Crippen LogP contribution in [-0.4, -0.2) is 32.8 Å². The Labute approximate surface area is 121 Å². The maximum atomic E-state index is 12.5. The van der Waals surface area contributed by atoms with Gasteiger partial charge >= 0.3 is 5.97 Å². The number of amides is 1. The molecule has 0 aliphatic carbocycles. The lowest BCUT2D eigenvalue weighted by molar-refractivity contribution is -0.119. The van der Waals surface area contributed by atoms with E-state index in [1.165, 1.54) is 17.1 Å². The zero-order valence-corrected chi connectivity index (χ0v) is 11.6. The van der Waals surface area contributed by atoms with E-state index in [1.54, 1.807) is 4.90 Å². The van der Waals surface area contributed by atoms with Crippen LogP contribution in [0, 0.1) is 0 Å². The van der Waals surface area contributed by atoms with Gasteiger partial charge in [0.05, 0.1) is 11.8 Å². The van der Waals surface area contributed by atoms with Gasteiger partial charge in [-0.3, -0.25) is 9.48 Å². The van der Waals surface area contributed by atoms with Crippen molar-refractivity contribution in [1.29, 1.82) is 0 Å². The molecule has 0 fully saturated rings. The van der Waals surface area contributed by atoms with Gasteiger partial charge in [0.25, 0.3) is 0 Å². The number of carboxylic acid groups (broad SMARTS) is 1. The molecule has 0 spiro atoms. The van der Waals surface area contributed by atoms with Crippen LogP contribution < -0.4 is 4.90 Å². The number of fused-ring (bicyclic) bond motifs is 1. The SMILES string of the molecule is CC1Cc2ccccc2N1C(=O)Cn1cc(C(=O)O)cn1. The Morgan fingerprint density at radius 3 is 2.86 bits per heavy atom. The Kier molecular flexibility index (Phi) is 3.21. The largest absolute Gasteiger partial charge is 0.478 e. The Morgan fingerprint density at radius 2 is 2.14 bits per heavy atom. The maximum Gasteiger partial charge on any atom is 0.338 e. The van der Waals surface area contributed by atoms with E-state index in [9.17, 15) is 9.59 Å². The predicted octanol–water partition coefficient (Wildman–Crippen LogP) is 1.56. The molecule has 2 aromatic rings. The third-order valence-corrected chi connectivity index (χ3v) is 3.65. The summed E-state index contributed by atoms with van der Waals surface area (Å²) in [5.41, 5.74) is 2.17. The van der Waals surface area contributed by atoms with Gasteiger partial charge in [-0.25, -0.2) is 4.79 Å². The maximum absolute atomic E-state index is 12.5. The molecule has 1 aromatic heterocycles. The van der Waals surface area contributed by atoms with E-state index in [0.717, 1.165) is 17.7 Å². The lowest BCUT2D eigenvalue weighted by Gasteiger charge is -2.22. The summed E-state index contributed by atoms with van der Waals surface area (Å²) in [6.45, 7) is 2.04. The average molecular weight is 285 g/mol. The molecule has 108 valence electrons. The number of nitrogens with zero attached hydrogens (tertiary/aromatic N) is 3. The summed E-state index contributed by atoms with van der Waals surface area (Å²) >= 11 is 0. The minimum atomic E-state index is -1.05. The first-order valence-electron chi connectivity index (χ1n) is 6.72. The standard InChI is InChI=1S/C15H15N3O3/c1-10-6-11-4-2-3-5-13(11)18(10)14(19)9-17-8-12(7-16-17)15(20)21/h2-5,7-8,10H,6,9H2,1H3,(H,20,21). The summed E-state index contributed by atoms with van der Waals surface area (Å²) in [6, 6.07) is 7.93. The molecule has 1 aliphatic rings. The molecule has 0 saturated heterocycles. The summed E-state index contributed by atoms with van der Waals surface area (Å²) in [5.74, 6) is -1.14. The van der Waals surface area contributed by atoms with E-state index in [2.05, 4.69) is 5.10 Å². The molecule has 6 nitrogen and oxygen atoms in total. The molecule has 0 saturated carbocycles. The van der Waals surface area contributed by atoms with Crippen LogP contribution >= 0.6 is 0 Å². The number of anilines is 1. The second kappa shape index (κ2) is 5.05. The van der Waals surface area contributed by atoms with Crippen LogP contribution in [0.4, 0.5) is 5.69 Å². The molecule has 0 radical (unpaired) electrons. The molecular weight excluding hydrogens is 270 g/mol. The van der Waals surface area contributed by atoms with Gasteiger partial charge in [-0.15, -0.1) is 0 Å². The van der Waals surface area contributed by atoms with Crippen molar-refractivity contribution in [3.05, 3.63) is 47.8 Å². The number of aromatic carboxylic acids is 1. The number of benzene rings is 1. The van der Waals surface area contributed by atoms with Gasteiger partial charge in [-0.2, -0.15) is 5.10 Å². The van der Waals surface area contributed by atoms with Gasteiger partial charge in [-0.1, -0.05) is 18.2 Å². The highest BCUT2D eigenvalue weighted by Gasteiger charge is 2.30. The van der Waals surface area contributed by atoms with E-state index in [1.807, 2.05) is 31.2 Å². The smallest absolute Gasteiger partial charge is 0.338 e. The van der Waals surface area contributed by atoms with E-state index >= 15 is 0 Å². The van der Waals surface area contributed by atoms with Crippen molar-refractivity contribution < 1.29 is 14.7 Å². The van der Waals surface area contributed by atoms with Crippen molar-refractivity contribution in [2.45, 2.75) is 25.9 Å². The molecule has 6 heteroatoms. The second-order valence-corrected chi connectivity index (χ2v) is 5.18. The molecule has 21 heavy (non-hydrogen) atoms. The van der Waals surface area contributed by atoms with E-state index in [0.29, 0.717) is 0 Å². The van der Waals surface area contributed by atoms with Crippen molar-refractivity contribution in [3.8, 4) is 0 Å². The number of hydrogen-bond donors (Lipinski definition) is 1. The fourth-order valence-electron chi connectivity index (χ4n) is 2.72. The van der Waals surface area contributed by atoms with Crippen molar-refractivity contribution in [1.82, 2.24) is 9.78 Å². The number of carboxylic acids is 1.